The molecule has 1 aromatic rings. The zero-order valence-electron chi connectivity index (χ0n) is 11.4. The van der Waals surface area contributed by atoms with E-state index in [1.165, 1.54) is 0 Å². The standard InChI is InChI=1S/C15H22O3/c1-4-8-14(16)15(2,17-3)12-18-11-13-9-6-5-7-10-13/h5-7,9-10H,4,8,11-12H2,1-3H3. The van der Waals surface area contributed by atoms with Crippen molar-refractivity contribution in [1.29, 1.82) is 0 Å². The predicted molar refractivity (Wildman–Crippen MR) is 71.4 cm³/mol. The Kier molecular flexibility index (Phi) is 6.02. The maximum Gasteiger partial charge on any atom is 0.166 e. The number of methoxy groups -OCH3 is 1. The van der Waals surface area contributed by atoms with Crippen LogP contribution in [0.5, 0.6) is 0 Å². The Balaban J connectivity index is 2.46. The second-order valence-corrected chi connectivity index (χ2v) is 4.59. The molecule has 3 nitrogen and oxygen atoms in total. The minimum atomic E-state index is -0.829. The van der Waals surface area contributed by atoms with E-state index in [-0.39, 0.29) is 12.4 Å². The summed E-state index contributed by atoms with van der Waals surface area (Å²) in [6, 6.07) is 9.90. The largest absolute Gasteiger partial charge is 0.373 e. The van der Waals surface area contributed by atoms with E-state index in [0.717, 1.165) is 12.0 Å². The van der Waals surface area contributed by atoms with Gasteiger partial charge in [0.15, 0.2) is 5.78 Å². The van der Waals surface area contributed by atoms with E-state index in [4.69, 9.17) is 9.47 Å². The maximum atomic E-state index is 11.9. The highest BCUT2D eigenvalue weighted by molar-refractivity contribution is 5.87. The van der Waals surface area contributed by atoms with Gasteiger partial charge in [0.05, 0.1) is 13.2 Å². The highest BCUT2D eigenvalue weighted by Gasteiger charge is 2.32. The summed E-state index contributed by atoms with van der Waals surface area (Å²) >= 11 is 0. The highest BCUT2D eigenvalue weighted by Crippen LogP contribution is 2.15. The van der Waals surface area contributed by atoms with Gasteiger partial charge in [-0.2, -0.15) is 0 Å². The van der Waals surface area contributed by atoms with Gasteiger partial charge in [-0.1, -0.05) is 37.3 Å². The van der Waals surface area contributed by atoms with Crippen molar-refractivity contribution >= 4 is 5.78 Å². The fraction of sp³-hybridized carbons (Fsp3) is 0.533. The molecule has 0 radical (unpaired) electrons. The average Bonchev–Trinajstić information content (AvgIpc) is 2.40. The Morgan fingerprint density at radius 3 is 2.50 bits per heavy atom. The minimum absolute atomic E-state index is 0.0977. The van der Waals surface area contributed by atoms with Crippen molar-refractivity contribution in [2.75, 3.05) is 13.7 Å². The zero-order valence-corrected chi connectivity index (χ0v) is 11.4. The lowest BCUT2D eigenvalue weighted by molar-refractivity contribution is -0.147. The fourth-order valence-corrected chi connectivity index (χ4v) is 1.68. The molecule has 1 rings (SSSR count). The van der Waals surface area contributed by atoms with Crippen LogP contribution >= 0.6 is 0 Å². The number of ketones is 1. The van der Waals surface area contributed by atoms with Gasteiger partial charge in [0.2, 0.25) is 0 Å². The van der Waals surface area contributed by atoms with Gasteiger partial charge in [-0.05, 0) is 18.9 Å². The molecule has 0 aliphatic rings. The second kappa shape index (κ2) is 7.29. The molecule has 3 heteroatoms. The van der Waals surface area contributed by atoms with Gasteiger partial charge in [-0.25, -0.2) is 0 Å². The molecule has 0 aromatic heterocycles. The highest BCUT2D eigenvalue weighted by atomic mass is 16.5. The SMILES string of the molecule is CCCC(=O)C(C)(COCc1ccccc1)OC. The molecule has 0 saturated heterocycles. The van der Waals surface area contributed by atoms with Crippen LogP contribution in [0.2, 0.25) is 0 Å². The van der Waals surface area contributed by atoms with Crippen molar-refractivity contribution in [3.63, 3.8) is 0 Å². The molecule has 0 aliphatic carbocycles. The Morgan fingerprint density at radius 1 is 1.28 bits per heavy atom. The maximum absolute atomic E-state index is 11.9. The van der Waals surface area contributed by atoms with Gasteiger partial charge in [0.1, 0.15) is 5.60 Å². The van der Waals surface area contributed by atoms with Crippen LogP contribution in [0.4, 0.5) is 0 Å². The summed E-state index contributed by atoms with van der Waals surface area (Å²) in [5.74, 6) is 0.0977. The number of benzene rings is 1. The Hall–Kier alpha value is -1.19. The molecule has 0 fully saturated rings. The molecule has 0 spiro atoms. The van der Waals surface area contributed by atoms with E-state index in [0.29, 0.717) is 13.0 Å². The van der Waals surface area contributed by atoms with Crippen LogP contribution in [-0.4, -0.2) is 25.1 Å². The lowest BCUT2D eigenvalue weighted by Crippen LogP contribution is -2.42. The summed E-state index contributed by atoms with van der Waals surface area (Å²) in [5.41, 5.74) is 0.268. The zero-order chi connectivity index (χ0) is 13.4. The fourth-order valence-electron chi connectivity index (χ4n) is 1.68. The van der Waals surface area contributed by atoms with Crippen LogP contribution < -0.4 is 0 Å². The third-order valence-corrected chi connectivity index (χ3v) is 3.01. The molecule has 0 N–H and O–H groups in total. The first-order valence-electron chi connectivity index (χ1n) is 6.32. The quantitative estimate of drug-likeness (QED) is 0.711. The normalized spacial score (nSPS) is 14.2. The summed E-state index contributed by atoms with van der Waals surface area (Å²) in [6.45, 7) is 4.56. The van der Waals surface area contributed by atoms with Crippen LogP contribution in [-0.2, 0) is 20.9 Å². The molecule has 100 valence electrons. The first-order chi connectivity index (χ1) is 8.62. The van der Waals surface area contributed by atoms with Crippen LogP contribution in [0.3, 0.4) is 0 Å². The molecule has 1 unspecified atom stereocenters. The van der Waals surface area contributed by atoms with Gasteiger partial charge in [-0.3, -0.25) is 4.79 Å². The van der Waals surface area contributed by atoms with Crippen LogP contribution in [0.25, 0.3) is 0 Å². The van der Waals surface area contributed by atoms with E-state index >= 15 is 0 Å². The lowest BCUT2D eigenvalue weighted by Gasteiger charge is -2.26. The molecule has 1 atom stereocenters. The Morgan fingerprint density at radius 2 is 1.94 bits per heavy atom. The summed E-state index contributed by atoms with van der Waals surface area (Å²) in [7, 11) is 1.55. The van der Waals surface area contributed by atoms with Crippen molar-refractivity contribution in [3.05, 3.63) is 35.9 Å². The number of ether oxygens (including phenoxy) is 2. The minimum Gasteiger partial charge on any atom is -0.373 e. The molecule has 0 saturated carbocycles. The van der Waals surface area contributed by atoms with Crippen molar-refractivity contribution in [2.24, 2.45) is 0 Å². The van der Waals surface area contributed by atoms with E-state index in [2.05, 4.69) is 0 Å². The molecular formula is C15H22O3. The monoisotopic (exact) mass is 250 g/mol. The van der Waals surface area contributed by atoms with Crippen LogP contribution in [0, 0.1) is 0 Å². The predicted octanol–water partition coefficient (Wildman–Crippen LogP) is 2.98. The Bertz CT molecular complexity index is 361. The second-order valence-electron chi connectivity index (χ2n) is 4.59. The smallest absolute Gasteiger partial charge is 0.166 e. The lowest BCUT2D eigenvalue weighted by atomic mass is 9.98. The van der Waals surface area contributed by atoms with Crippen molar-refractivity contribution in [1.82, 2.24) is 0 Å². The number of rotatable bonds is 8. The summed E-state index contributed by atoms with van der Waals surface area (Å²) in [5, 5.41) is 0. The molecule has 0 bridgehead atoms. The van der Waals surface area contributed by atoms with Gasteiger partial charge < -0.3 is 9.47 Å². The molecule has 0 heterocycles. The van der Waals surface area contributed by atoms with Crippen molar-refractivity contribution in [3.8, 4) is 0 Å². The number of hydrogen-bond donors (Lipinski definition) is 0. The van der Waals surface area contributed by atoms with E-state index < -0.39 is 5.60 Å². The number of Topliss-reactive ketones (excluding diaryl/α,β-unsaturated/α-hetero) is 1. The van der Waals surface area contributed by atoms with Gasteiger partial charge in [-0.15, -0.1) is 0 Å². The van der Waals surface area contributed by atoms with Crippen molar-refractivity contribution in [2.45, 2.75) is 38.9 Å². The molecule has 0 amide bonds. The number of carbonyl (C=O) groups excluding carboxylic acids is 1. The topological polar surface area (TPSA) is 35.5 Å². The van der Waals surface area contributed by atoms with E-state index in [1.54, 1.807) is 14.0 Å². The van der Waals surface area contributed by atoms with Crippen LogP contribution in [0.15, 0.2) is 30.3 Å². The molecule has 1 aromatic carbocycles. The first-order valence-corrected chi connectivity index (χ1v) is 6.32. The summed E-state index contributed by atoms with van der Waals surface area (Å²) in [4.78, 5) is 11.9. The number of carbonyl (C=O) groups is 1. The first kappa shape index (κ1) is 14.9. The summed E-state index contributed by atoms with van der Waals surface area (Å²) < 4.78 is 10.9. The number of hydrogen-bond acceptors (Lipinski definition) is 3. The van der Waals surface area contributed by atoms with E-state index in [9.17, 15) is 4.79 Å². The van der Waals surface area contributed by atoms with Gasteiger partial charge in [0.25, 0.3) is 0 Å². The Labute approximate surface area is 109 Å². The van der Waals surface area contributed by atoms with Crippen molar-refractivity contribution < 1.29 is 14.3 Å². The van der Waals surface area contributed by atoms with Crippen LogP contribution in [0.1, 0.15) is 32.3 Å². The molecule has 18 heavy (non-hydrogen) atoms. The third kappa shape index (κ3) is 4.24. The average molecular weight is 250 g/mol. The van der Waals surface area contributed by atoms with Gasteiger partial charge >= 0.3 is 0 Å². The molecular weight excluding hydrogens is 228 g/mol. The van der Waals surface area contributed by atoms with E-state index in [1.807, 2.05) is 37.3 Å². The third-order valence-electron chi connectivity index (χ3n) is 3.01. The summed E-state index contributed by atoms with van der Waals surface area (Å²) in [6.07, 6.45) is 1.36. The molecule has 0 aliphatic heterocycles. The van der Waals surface area contributed by atoms with Gasteiger partial charge in [0, 0.05) is 13.5 Å².